The molecular formula is C23H23N3O3. The fourth-order valence-corrected chi connectivity index (χ4v) is 5.28. The minimum absolute atomic E-state index is 0.0937. The van der Waals surface area contributed by atoms with E-state index in [1.807, 2.05) is 55.2 Å². The highest BCUT2D eigenvalue weighted by molar-refractivity contribution is 6.12. The zero-order chi connectivity index (χ0) is 20.4. The van der Waals surface area contributed by atoms with E-state index in [0.717, 1.165) is 22.2 Å². The second-order valence-corrected chi connectivity index (χ2v) is 8.25. The number of carbonyl (C=O) groups excluding carboxylic acids is 3. The summed E-state index contributed by atoms with van der Waals surface area (Å²) in [6.07, 6.45) is 6.40. The summed E-state index contributed by atoms with van der Waals surface area (Å²) in [4.78, 5) is 47.4. The molecule has 2 aromatic rings. The Kier molecular flexibility index (Phi) is 3.88. The van der Waals surface area contributed by atoms with Crippen molar-refractivity contribution < 1.29 is 14.4 Å². The van der Waals surface area contributed by atoms with Gasteiger partial charge < -0.3 is 4.90 Å². The Balaban J connectivity index is 1.71. The minimum atomic E-state index is -0.660. The number of pyridine rings is 1. The molecule has 1 aromatic carbocycles. The van der Waals surface area contributed by atoms with Crippen LogP contribution in [-0.4, -0.2) is 45.6 Å². The minimum Gasteiger partial charge on any atom is -0.351 e. The van der Waals surface area contributed by atoms with Crippen molar-refractivity contribution in [3.05, 3.63) is 42.1 Å². The van der Waals surface area contributed by atoms with Crippen molar-refractivity contribution in [3.8, 4) is 0 Å². The Hall–Kier alpha value is -3.02. The van der Waals surface area contributed by atoms with Gasteiger partial charge in [-0.05, 0) is 31.9 Å². The first-order chi connectivity index (χ1) is 14.0. The Morgan fingerprint density at radius 3 is 2.66 bits per heavy atom. The third kappa shape index (κ3) is 2.29. The van der Waals surface area contributed by atoms with Crippen LogP contribution in [0.4, 0.5) is 5.69 Å². The van der Waals surface area contributed by atoms with Gasteiger partial charge >= 0.3 is 0 Å². The number of nitrogens with zero attached hydrogens (tertiary/aromatic N) is 3. The smallest absolute Gasteiger partial charge is 0.235 e. The predicted molar refractivity (Wildman–Crippen MR) is 110 cm³/mol. The quantitative estimate of drug-likeness (QED) is 0.755. The number of imide groups is 1. The summed E-state index contributed by atoms with van der Waals surface area (Å²) in [7, 11) is 0. The van der Waals surface area contributed by atoms with Gasteiger partial charge in [0.05, 0.1) is 29.1 Å². The topological polar surface area (TPSA) is 70.6 Å². The van der Waals surface area contributed by atoms with Crippen molar-refractivity contribution in [2.24, 2.45) is 11.8 Å². The molecule has 5 atom stereocenters. The van der Waals surface area contributed by atoms with Crippen LogP contribution in [0.5, 0.6) is 0 Å². The number of fused-ring (bicyclic) bond motifs is 7. The lowest BCUT2D eigenvalue weighted by Crippen LogP contribution is -2.49. The average molecular weight is 389 g/mol. The predicted octanol–water partition coefficient (Wildman–Crippen LogP) is 2.81. The van der Waals surface area contributed by atoms with E-state index in [0.29, 0.717) is 6.42 Å². The van der Waals surface area contributed by atoms with Gasteiger partial charge in [0.15, 0.2) is 5.78 Å². The Labute approximate surface area is 169 Å². The second kappa shape index (κ2) is 6.24. The summed E-state index contributed by atoms with van der Waals surface area (Å²) in [6, 6.07) is 6.73. The van der Waals surface area contributed by atoms with Crippen LogP contribution in [0.25, 0.3) is 17.0 Å². The number of anilines is 1. The average Bonchev–Trinajstić information content (AvgIpc) is 3.20. The largest absolute Gasteiger partial charge is 0.351 e. The molecule has 29 heavy (non-hydrogen) atoms. The fourth-order valence-electron chi connectivity index (χ4n) is 5.28. The van der Waals surface area contributed by atoms with E-state index in [1.165, 1.54) is 11.8 Å². The molecular weight excluding hydrogens is 366 g/mol. The summed E-state index contributed by atoms with van der Waals surface area (Å²) >= 11 is 0. The standard InChI is InChI=1S/C23H23N3O3/c1-4-12(2)25-22(28)17-16-10-9-15-8-7-14-6-5-11-24-19(14)21(15)26(16)20(13(3)27)18(17)23(25)29/h5-12,16-18,20H,4H2,1-3H3/t12-,16-,17-,18-,20+/m1/s1. The van der Waals surface area contributed by atoms with Crippen molar-refractivity contribution in [2.45, 2.75) is 45.3 Å². The molecule has 2 saturated heterocycles. The number of rotatable bonds is 3. The molecule has 6 nitrogen and oxygen atoms in total. The second-order valence-electron chi connectivity index (χ2n) is 8.25. The summed E-state index contributed by atoms with van der Waals surface area (Å²) in [5.41, 5.74) is 2.60. The van der Waals surface area contributed by atoms with Gasteiger partial charge in [-0.15, -0.1) is 0 Å². The van der Waals surface area contributed by atoms with E-state index >= 15 is 0 Å². The normalized spacial score (nSPS) is 28.5. The molecule has 6 heteroatoms. The third-order valence-electron chi connectivity index (χ3n) is 6.72. The molecule has 0 spiro atoms. The summed E-state index contributed by atoms with van der Waals surface area (Å²) in [5, 5.41) is 0.971. The molecule has 3 aliphatic rings. The van der Waals surface area contributed by atoms with Crippen molar-refractivity contribution in [2.75, 3.05) is 4.90 Å². The van der Waals surface area contributed by atoms with Gasteiger partial charge in [0.25, 0.3) is 0 Å². The van der Waals surface area contributed by atoms with E-state index in [1.54, 1.807) is 6.20 Å². The van der Waals surface area contributed by atoms with E-state index in [9.17, 15) is 14.4 Å². The van der Waals surface area contributed by atoms with Crippen molar-refractivity contribution in [1.29, 1.82) is 0 Å². The van der Waals surface area contributed by atoms with Crippen LogP contribution in [0.15, 0.2) is 36.5 Å². The molecule has 1 aromatic heterocycles. The SMILES string of the molecule is CC[C@@H](C)N1C(=O)[C@@H]2[C@H](C1=O)[C@H]1C=Cc3ccc4cccnc4c3N1[C@H]2C(C)=O. The first kappa shape index (κ1) is 18.0. The third-order valence-corrected chi connectivity index (χ3v) is 6.72. The van der Waals surface area contributed by atoms with Crippen LogP contribution in [-0.2, 0) is 14.4 Å². The van der Waals surface area contributed by atoms with Gasteiger partial charge in [-0.1, -0.05) is 37.3 Å². The number of benzene rings is 1. The van der Waals surface area contributed by atoms with Crippen molar-refractivity contribution in [1.82, 2.24) is 9.88 Å². The van der Waals surface area contributed by atoms with Crippen molar-refractivity contribution in [3.63, 3.8) is 0 Å². The molecule has 4 heterocycles. The summed E-state index contributed by atoms with van der Waals surface area (Å²) in [5.74, 6) is -1.65. The molecule has 0 N–H and O–H groups in total. The van der Waals surface area contributed by atoms with Crippen LogP contribution >= 0.6 is 0 Å². The molecule has 2 amide bonds. The molecule has 0 bridgehead atoms. The number of likely N-dealkylation sites (tertiary alicyclic amines) is 1. The molecule has 5 rings (SSSR count). The Morgan fingerprint density at radius 2 is 1.93 bits per heavy atom. The van der Waals surface area contributed by atoms with Crippen LogP contribution in [0.2, 0.25) is 0 Å². The molecule has 3 aliphatic heterocycles. The number of aromatic nitrogens is 1. The zero-order valence-corrected chi connectivity index (χ0v) is 16.7. The van der Waals surface area contributed by atoms with Crippen molar-refractivity contribution >= 4 is 40.3 Å². The maximum atomic E-state index is 13.3. The van der Waals surface area contributed by atoms with Gasteiger partial charge in [-0.3, -0.25) is 24.3 Å². The number of Topliss-reactive ketones (excluding diaryl/α,β-unsaturated/α-hetero) is 1. The number of ketones is 1. The van der Waals surface area contributed by atoms with E-state index in [-0.39, 0.29) is 29.7 Å². The van der Waals surface area contributed by atoms with Crippen LogP contribution in [0.3, 0.4) is 0 Å². The number of carbonyl (C=O) groups is 3. The maximum absolute atomic E-state index is 13.3. The van der Waals surface area contributed by atoms with Gasteiger partial charge in [-0.2, -0.15) is 0 Å². The molecule has 0 saturated carbocycles. The summed E-state index contributed by atoms with van der Waals surface area (Å²) < 4.78 is 0. The first-order valence-electron chi connectivity index (χ1n) is 10.2. The van der Waals surface area contributed by atoms with Gasteiger partial charge in [-0.25, -0.2) is 0 Å². The lowest BCUT2D eigenvalue weighted by molar-refractivity contribution is -0.143. The lowest BCUT2D eigenvalue weighted by Gasteiger charge is -2.37. The highest BCUT2D eigenvalue weighted by atomic mass is 16.2. The fraction of sp³-hybridized carbons (Fsp3) is 0.391. The number of hydrogen-bond donors (Lipinski definition) is 0. The molecule has 2 fully saturated rings. The van der Waals surface area contributed by atoms with E-state index < -0.39 is 17.9 Å². The highest BCUT2D eigenvalue weighted by Gasteiger charge is 2.64. The Bertz CT molecular complexity index is 1090. The highest BCUT2D eigenvalue weighted by Crippen LogP contribution is 2.50. The number of amides is 2. The van der Waals surface area contributed by atoms with Gasteiger partial charge in [0, 0.05) is 17.6 Å². The first-order valence-corrected chi connectivity index (χ1v) is 10.2. The van der Waals surface area contributed by atoms with E-state index in [2.05, 4.69) is 4.98 Å². The van der Waals surface area contributed by atoms with Crippen LogP contribution < -0.4 is 4.90 Å². The monoisotopic (exact) mass is 389 g/mol. The zero-order valence-electron chi connectivity index (χ0n) is 16.7. The maximum Gasteiger partial charge on any atom is 0.235 e. The Morgan fingerprint density at radius 1 is 1.17 bits per heavy atom. The lowest BCUT2D eigenvalue weighted by atomic mass is 9.88. The van der Waals surface area contributed by atoms with Crippen LogP contribution in [0, 0.1) is 11.8 Å². The van der Waals surface area contributed by atoms with Crippen LogP contribution in [0.1, 0.15) is 32.8 Å². The molecule has 0 unspecified atom stereocenters. The summed E-state index contributed by atoms with van der Waals surface area (Å²) in [6.45, 7) is 5.37. The number of hydrogen-bond acceptors (Lipinski definition) is 5. The molecule has 0 aliphatic carbocycles. The van der Waals surface area contributed by atoms with Gasteiger partial charge in [0.2, 0.25) is 11.8 Å². The molecule has 0 radical (unpaired) electrons. The van der Waals surface area contributed by atoms with Gasteiger partial charge in [0.1, 0.15) is 6.04 Å². The van der Waals surface area contributed by atoms with E-state index in [4.69, 9.17) is 0 Å². The molecule has 148 valence electrons.